The molecule has 0 bridgehead atoms. The summed E-state index contributed by atoms with van der Waals surface area (Å²) in [5, 5.41) is 10.9. The van der Waals surface area contributed by atoms with Crippen LogP contribution in [0.5, 0.6) is 0 Å². The molecule has 21 heavy (non-hydrogen) atoms. The molecule has 4 amide bonds. The number of rotatable bonds is 2. The number of carbonyl (C=O) groups excluding carboxylic acids is 3. The first-order valence-corrected chi connectivity index (χ1v) is 6.65. The molecule has 2 aliphatic rings. The molecule has 0 aliphatic carbocycles. The van der Waals surface area contributed by atoms with Crippen molar-refractivity contribution < 1.29 is 24.3 Å². The average molecular weight is 298 g/mol. The third-order valence-electron chi connectivity index (χ3n) is 3.78. The standard InChI is InChI=1S/C12H18N4O5/c1-7-11(20)14(2)6-8-15(4-3-9(17)16(7)8)12(21)13-5-10(18)19/h7-8H,3-6H2,1-2H3,(H,13,21)(H,18,19)/t7-,8-/m0/s1. The van der Waals surface area contributed by atoms with Gasteiger partial charge < -0.3 is 25.1 Å². The number of aliphatic carboxylic acids is 1. The van der Waals surface area contributed by atoms with E-state index >= 15 is 0 Å². The summed E-state index contributed by atoms with van der Waals surface area (Å²) >= 11 is 0. The van der Waals surface area contributed by atoms with E-state index in [1.165, 1.54) is 14.7 Å². The van der Waals surface area contributed by atoms with Gasteiger partial charge in [-0.3, -0.25) is 14.4 Å². The molecule has 0 saturated carbocycles. The molecular formula is C12H18N4O5. The largest absolute Gasteiger partial charge is 0.480 e. The Morgan fingerprint density at radius 3 is 2.67 bits per heavy atom. The lowest BCUT2D eigenvalue weighted by molar-refractivity contribution is -0.164. The monoisotopic (exact) mass is 298 g/mol. The second kappa shape index (κ2) is 5.58. The van der Waals surface area contributed by atoms with Crippen LogP contribution < -0.4 is 5.32 Å². The minimum absolute atomic E-state index is 0.123. The molecule has 116 valence electrons. The summed E-state index contributed by atoms with van der Waals surface area (Å²) in [6.07, 6.45) is -0.434. The van der Waals surface area contributed by atoms with Gasteiger partial charge in [0, 0.05) is 20.0 Å². The molecule has 0 aromatic heterocycles. The molecule has 2 rings (SSSR count). The molecule has 9 heteroatoms. The normalized spacial score (nSPS) is 25.7. The van der Waals surface area contributed by atoms with Gasteiger partial charge in [-0.1, -0.05) is 0 Å². The fourth-order valence-corrected chi connectivity index (χ4v) is 2.73. The third kappa shape index (κ3) is 2.76. The van der Waals surface area contributed by atoms with Crippen molar-refractivity contribution in [1.82, 2.24) is 20.0 Å². The predicted octanol–water partition coefficient (Wildman–Crippen LogP) is -1.50. The molecule has 2 aliphatic heterocycles. The van der Waals surface area contributed by atoms with Crippen LogP contribution in [-0.2, 0) is 14.4 Å². The Labute approximate surface area is 121 Å². The van der Waals surface area contributed by atoms with Crippen molar-refractivity contribution in [1.29, 1.82) is 0 Å². The molecule has 2 N–H and O–H groups in total. The highest BCUT2D eigenvalue weighted by molar-refractivity contribution is 5.90. The van der Waals surface area contributed by atoms with Gasteiger partial charge >= 0.3 is 12.0 Å². The van der Waals surface area contributed by atoms with Crippen LogP contribution in [-0.4, -0.2) is 82.5 Å². The first-order valence-electron chi connectivity index (χ1n) is 6.65. The van der Waals surface area contributed by atoms with Crippen LogP contribution >= 0.6 is 0 Å². The van der Waals surface area contributed by atoms with E-state index in [4.69, 9.17) is 5.11 Å². The van der Waals surface area contributed by atoms with Crippen molar-refractivity contribution in [3.8, 4) is 0 Å². The zero-order valence-corrected chi connectivity index (χ0v) is 11.9. The fraction of sp³-hybridized carbons (Fsp3) is 0.667. The summed E-state index contributed by atoms with van der Waals surface area (Å²) in [5.41, 5.74) is 0. The van der Waals surface area contributed by atoms with E-state index < -0.39 is 30.8 Å². The summed E-state index contributed by atoms with van der Waals surface area (Å²) in [7, 11) is 1.61. The van der Waals surface area contributed by atoms with Crippen LogP contribution in [0.2, 0.25) is 0 Å². The number of hydrogen-bond donors (Lipinski definition) is 2. The summed E-state index contributed by atoms with van der Waals surface area (Å²) in [6.45, 7) is 1.57. The van der Waals surface area contributed by atoms with Crippen molar-refractivity contribution in [2.24, 2.45) is 0 Å². The van der Waals surface area contributed by atoms with Gasteiger partial charge in [0.25, 0.3) is 0 Å². The summed E-state index contributed by atoms with van der Waals surface area (Å²) in [6, 6.07) is -1.17. The molecule has 0 unspecified atom stereocenters. The number of nitrogens with one attached hydrogen (secondary N) is 1. The summed E-state index contributed by atoms with van der Waals surface area (Å²) in [5.74, 6) is -1.48. The Morgan fingerprint density at radius 1 is 1.38 bits per heavy atom. The quantitative estimate of drug-likeness (QED) is 0.645. The molecular weight excluding hydrogens is 280 g/mol. The van der Waals surface area contributed by atoms with E-state index in [9.17, 15) is 19.2 Å². The second-order valence-corrected chi connectivity index (χ2v) is 5.17. The molecule has 0 aromatic carbocycles. The van der Waals surface area contributed by atoms with Crippen molar-refractivity contribution in [3.05, 3.63) is 0 Å². The minimum atomic E-state index is -1.14. The van der Waals surface area contributed by atoms with Crippen LogP contribution in [0.25, 0.3) is 0 Å². The maximum atomic E-state index is 12.1. The Bertz CT molecular complexity index is 494. The number of nitrogens with zero attached hydrogens (tertiary/aromatic N) is 3. The number of hydrogen-bond acceptors (Lipinski definition) is 4. The van der Waals surface area contributed by atoms with E-state index in [0.29, 0.717) is 0 Å². The topological polar surface area (TPSA) is 110 Å². The SMILES string of the molecule is C[C@H]1C(=O)N(C)C[C@H]2N(C(=O)NCC(=O)O)CCC(=O)N12. The molecule has 2 saturated heterocycles. The Hall–Kier alpha value is -2.32. The molecule has 0 radical (unpaired) electrons. The number of carbonyl (C=O) groups is 4. The number of likely N-dealkylation sites (N-methyl/N-ethyl adjacent to an activating group) is 1. The van der Waals surface area contributed by atoms with Crippen LogP contribution in [0.4, 0.5) is 4.79 Å². The summed E-state index contributed by atoms with van der Waals surface area (Å²) in [4.78, 5) is 50.9. The number of urea groups is 1. The highest BCUT2D eigenvalue weighted by Crippen LogP contribution is 2.24. The van der Waals surface area contributed by atoms with Gasteiger partial charge in [-0.2, -0.15) is 0 Å². The van der Waals surface area contributed by atoms with Gasteiger partial charge in [-0.15, -0.1) is 0 Å². The van der Waals surface area contributed by atoms with E-state index in [1.807, 2.05) is 0 Å². The zero-order valence-electron chi connectivity index (χ0n) is 11.9. The first-order chi connectivity index (χ1) is 9.82. The van der Waals surface area contributed by atoms with Gasteiger partial charge in [0.2, 0.25) is 11.8 Å². The van der Waals surface area contributed by atoms with Crippen molar-refractivity contribution in [2.45, 2.75) is 25.6 Å². The van der Waals surface area contributed by atoms with Crippen LogP contribution in [0, 0.1) is 0 Å². The maximum Gasteiger partial charge on any atom is 0.323 e. The molecule has 0 aromatic rings. The van der Waals surface area contributed by atoms with Crippen LogP contribution in [0.15, 0.2) is 0 Å². The number of fused-ring (bicyclic) bond motifs is 1. The maximum absolute atomic E-state index is 12.1. The van der Waals surface area contributed by atoms with Crippen LogP contribution in [0.3, 0.4) is 0 Å². The summed E-state index contributed by atoms with van der Waals surface area (Å²) < 4.78 is 0. The number of carboxylic acids is 1. The Kier molecular flexibility index (Phi) is 4.01. The highest BCUT2D eigenvalue weighted by atomic mass is 16.4. The Morgan fingerprint density at radius 2 is 2.05 bits per heavy atom. The van der Waals surface area contributed by atoms with Gasteiger partial charge in [0.05, 0.1) is 6.54 Å². The zero-order chi connectivity index (χ0) is 15.7. The average Bonchev–Trinajstić information content (AvgIpc) is 2.42. The number of piperazine rings is 1. The van der Waals surface area contributed by atoms with E-state index in [2.05, 4.69) is 5.32 Å². The Balaban J connectivity index is 2.17. The van der Waals surface area contributed by atoms with E-state index in [1.54, 1.807) is 14.0 Å². The minimum Gasteiger partial charge on any atom is -0.480 e. The van der Waals surface area contributed by atoms with Gasteiger partial charge in [0.1, 0.15) is 18.8 Å². The van der Waals surface area contributed by atoms with E-state index in [0.717, 1.165) is 0 Å². The highest BCUT2D eigenvalue weighted by Gasteiger charge is 2.46. The fourth-order valence-electron chi connectivity index (χ4n) is 2.73. The van der Waals surface area contributed by atoms with Crippen molar-refractivity contribution >= 4 is 23.8 Å². The van der Waals surface area contributed by atoms with E-state index in [-0.39, 0.29) is 31.3 Å². The molecule has 2 atom stereocenters. The number of amides is 4. The van der Waals surface area contributed by atoms with Crippen molar-refractivity contribution in [3.63, 3.8) is 0 Å². The predicted molar refractivity (Wildman–Crippen MR) is 70.1 cm³/mol. The molecule has 9 nitrogen and oxygen atoms in total. The third-order valence-corrected chi connectivity index (χ3v) is 3.78. The van der Waals surface area contributed by atoms with Gasteiger partial charge in [0.15, 0.2) is 0 Å². The van der Waals surface area contributed by atoms with Gasteiger partial charge in [-0.05, 0) is 6.92 Å². The molecule has 2 heterocycles. The lowest BCUT2D eigenvalue weighted by Gasteiger charge is -2.50. The number of carboxylic acid groups (broad SMARTS) is 1. The van der Waals surface area contributed by atoms with Gasteiger partial charge in [-0.25, -0.2) is 4.79 Å². The molecule has 2 fully saturated rings. The lowest BCUT2D eigenvalue weighted by Crippen LogP contribution is -2.71. The van der Waals surface area contributed by atoms with Crippen molar-refractivity contribution in [2.75, 3.05) is 26.7 Å². The first kappa shape index (κ1) is 15.1. The molecule has 0 spiro atoms. The smallest absolute Gasteiger partial charge is 0.323 e. The van der Waals surface area contributed by atoms with Crippen LogP contribution in [0.1, 0.15) is 13.3 Å². The second-order valence-electron chi connectivity index (χ2n) is 5.17. The lowest BCUT2D eigenvalue weighted by atomic mass is 10.1.